The molecule has 1 aromatic heterocycles. The third-order valence-electron chi connectivity index (χ3n) is 3.76. The van der Waals surface area contributed by atoms with Crippen molar-refractivity contribution in [1.29, 1.82) is 0 Å². The molecule has 0 spiro atoms. The number of carbonyl (C=O) groups is 1. The minimum atomic E-state index is -0.468. The number of aryl methyl sites for hydroxylation is 2. The molecular formula is C21H19FN2O2S. The molecule has 3 rings (SSSR count). The van der Waals surface area contributed by atoms with Crippen LogP contribution in [-0.2, 0) is 11.4 Å². The van der Waals surface area contributed by atoms with Crippen LogP contribution in [-0.4, -0.2) is 10.9 Å². The van der Waals surface area contributed by atoms with E-state index in [-0.39, 0.29) is 5.69 Å². The van der Waals surface area contributed by atoms with Crippen LogP contribution in [0.25, 0.3) is 6.08 Å². The van der Waals surface area contributed by atoms with Gasteiger partial charge in [-0.25, -0.2) is 9.37 Å². The van der Waals surface area contributed by atoms with Gasteiger partial charge in [0.1, 0.15) is 18.2 Å². The van der Waals surface area contributed by atoms with Gasteiger partial charge >= 0.3 is 0 Å². The van der Waals surface area contributed by atoms with Crippen LogP contribution in [0.2, 0.25) is 0 Å². The Balaban J connectivity index is 1.67. The molecule has 0 fully saturated rings. The standard InChI is InChI=1S/C21H19FN2O2S/c1-14-7-9-18(22)19(11-14)24-21(25)10-8-16-5-3-4-6-20(16)26-12-17-13-27-15(2)23-17/h3-11,13H,12H2,1-2H3,(H,24,25)/b10-8+. The molecule has 1 amide bonds. The minimum absolute atomic E-state index is 0.160. The monoisotopic (exact) mass is 382 g/mol. The van der Waals surface area contributed by atoms with Crippen molar-refractivity contribution in [2.75, 3.05) is 5.32 Å². The highest BCUT2D eigenvalue weighted by atomic mass is 32.1. The van der Waals surface area contributed by atoms with Crippen molar-refractivity contribution in [1.82, 2.24) is 4.98 Å². The molecule has 2 aromatic carbocycles. The summed E-state index contributed by atoms with van der Waals surface area (Å²) in [5, 5.41) is 5.49. The smallest absolute Gasteiger partial charge is 0.248 e. The number of nitrogens with zero attached hydrogens (tertiary/aromatic N) is 1. The Kier molecular flexibility index (Phi) is 5.98. The van der Waals surface area contributed by atoms with E-state index < -0.39 is 11.7 Å². The number of carbonyl (C=O) groups excluding carboxylic acids is 1. The van der Waals surface area contributed by atoms with E-state index in [0.29, 0.717) is 12.4 Å². The Morgan fingerprint density at radius 1 is 1.26 bits per heavy atom. The highest BCUT2D eigenvalue weighted by molar-refractivity contribution is 7.09. The SMILES string of the molecule is Cc1ccc(F)c(NC(=O)/C=C/c2ccccc2OCc2csc(C)n2)c1. The van der Waals surface area contributed by atoms with Crippen molar-refractivity contribution < 1.29 is 13.9 Å². The first-order valence-electron chi connectivity index (χ1n) is 8.39. The quantitative estimate of drug-likeness (QED) is 0.601. The third kappa shape index (κ3) is 5.24. The molecule has 4 nitrogen and oxygen atoms in total. The number of nitrogens with one attached hydrogen (secondary N) is 1. The Hall–Kier alpha value is -2.99. The van der Waals surface area contributed by atoms with Crippen LogP contribution in [0.3, 0.4) is 0 Å². The molecule has 1 N–H and O–H groups in total. The van der Waals surface area contributed by atoms with Crippen LogP contribution in [0, 0.1) is 19.7 Å². The molecule has 1 heterocycles. The average molecular weight is 382 g/mol. The molecule has 0 saturated heterocycles. The maximum Gasteiger partial charge on any atom is 0.248 e. The van der Waals surface area contributed by atoms with Gasteiger partial charge in [-0.1, -0.05) is 24.3 Å². The van der Waals surface area contributed by atoms with Crippen LogP contribution in [0.5, 0.6) is 5.75 Å². The number of amides is 1. The second-order valence-corrected chi connectivity index (χ2v) is 7.05. The van der Waals surface area contributed by atoms with Gasteiger partial charge in [0.15, 0.2) is 0 Å². The van der Waals surface area contributed by atoms with Crippen molar-refractivity contribution in [3.05, 3.63) is 81.6 Å². The topological polar surface area (TPSA) is 51.2 Å². The fourth-order valence-corrected chi connectivity index (χ4v) is 3.05. The zero-order valence-electron chi connectivity index (χ0n) is 15.0. The summed E-state index contributed by atoms with van der Waals surface area (Å²) in [7, 11) is 0. The van der Waals surface area contributed by atoms with Crippen molar-refractivity contribution in [3.8, 4) is 5.75 Å². The number of benzene rings is 2. The molecular weight excluding hydrogens is 363 g/mol. The summed E-state index contributed by atoms with van der Waals surface area (Å²) in [6.07, 6.45) is 3.00. The second kappa shape index (κ2) is 8.60. The average Bonchev–Trinajstić information content (AvgIpc) is 3.07. The maximum absolute atomic E-state index is 13.8. The van der Waals surface area contributed by atoms with E-state index in [4.69, 9.17) is 4.74 Å². The number of para-hydroxylation sites is 1. The molecule has 3 aromatic rings. The maximum atomic E-state index is 13.8. The highest BCUT2D eigenvalue weighted by Gasteiger charge is 2.06. The Labute approximate surface area is 161 Å². The summed E-state index contributed by atoms with van der Waals surface area (Å²) in [6.45, 7) is 4.14. The lowest BCUT2D eigenvalue weighted by molar-refractivity contribution is -0.111. The second-order valence-electron chi connectivity index (χ2n) is 5.99. The first kappa shape index (κ1) is 18.8. The lowest BCUT2D eigenvalue weighted by Gasteiger charge is -2.08. The summed E-state index contributed by atoms with van der Waals surface area (Å²) in [5.74, 6) is -0.233. The molecule has 27 heavy (non-hydrogen) atoms. The van der Waals surface area contributed by atoms with Crippen molar-refractivity contribution in [3.63, 3.8) is 0 Å². The largest absolute Gasteiger partial charge is 0.487 e. The molecule has 6 heteroatoms. The normalized spacial score (nSPS) is 10.9. The van der Waals surface area contributed by atoms with Crippen molar-refractivity contribution in [2.24, 2.45) is 0 Å². The van der Waals surface area contributed by atoms with Gasteiger partial charge < -0.3 is 10.1 Å². The van der Waals surface area contributed by atoms with Crippen LogP contribution in [0.1, 0.15) is 21.8 Å². The van der Waals surface area contributed by atoms with Gasteiger partial charge in [-0.15, -0.1) is 11.3 Å². The molecule has 0 aliphatic rings. The summed E-state index contributed by atoms with van der Waals surface area (Å²) in [4.78, 5) is 16.5. The first-order chi connectivity index (χ1) is 13.0. The predicted octanol–water partition coefficient (Wildman–Crippen LogP) is 5.13. The Bertz CT molecular complexity index is 982. The third-order valence-corrected chi connectivity index (χ3v) is 4.58. The lowest BCUT2D eigenvalue weighted by atomic mass is 10.2. The molecule has 0 aliphatic carbocycles. The first-order valence-corrected chi connectivity index (χ1v) is 9.27. The van der Waals surface area contributed by atoms with Crippen LogP contribution in [0.15, 0.2) is 53.9 Å². The van der Waals surface area contributed by atoms with Gasteiger partial charge in [-0.2, -0.15) is 0 Å². The molecule has 0 aliphatic heterocycles. The van der Waals surface area contributed by atoms with E-state index in [1.807, 2.05) is 43.5 Å². The van der Waals surface area contributed by atoms with Crippen LogP contribution in [0.4, 0.5) is 10.1 Å². The van der Waals surface area contributed by atoms with Gasteiger partial charge in [-0.05, 0) is 43.7 Å². The Morgan fingerprint density at radius 2 is 2.07 bits per heavy atom. The molecule has 0 radical (unpaired) electrons. The number of aromatic nitrogens is 1. The lowest BCUT2D eigenvalue weighted by Crippen LogP contribution is -2.09. The highest BCUT2D eigenvalue weighted by Crippen LogP contribution is 2.22. The minimum Gasteiger partial charge on any atom is -0.487 e. The Morgan fingerprint density at radius 3 is 2.85 bits per heavy atom. The summed E-state index contributed by atoms with van der Waals surface area (Å²) >= 11 is 1.57. The van der Waals surface area contributed by atoms with Gasteiger partial charge in [0.05, 0.1) is 16.4 Å². The van der Waals surface area contributed by atoms with Crippen molar-refractivity contribution >= 4 is 29.0 Å². The van der Waals surface area contributed by atoms with Crippen LogP contribution >= 0.6 is 11.3 Å². The van der Waals surface area contributed by atoms with Gasteiger partial charge in [0.2, 0.25) is 5.91 Å². The summed E-state index contributed by atoms with van der Waals surface area (Å²) in [5.41, 5.74) is 2.65. The zero-order chi connectivity index (χ0) is 19.2. The predicted molar refractivity (Wildman–Crippen MR) is 106 cm³/mol. The number of hydrogen-bond acceptors (Lipinski definition) is 4. The van der Waals surface area contributed by atoms with E-state index in [9.17, 15) is 9.18 Å². The van der Waals surface area contributed by atoms with E-state index >= 15 is 0 Å². The zero-order valence-corrected chi connectivity index (χ0v) is 15.8. The van der Waals surface area contributed by atoms with E-state index in [1.54, 1.807) is 29.5 Å². The molecule has 138 valence electrons. The molecule has 0 unspecified atom stereocenters. The van der Waals surface area contributed by atoms with Crippen LogP contribution < -0.4 is 10.1 Å². The van der Waals surface area contributed by atoms with Crippen molar-refractivity contribution in [2.45, 2.75) is 20.5 Å². The van der Waals surface area contributed by atoms with Gasteiger partial charge in [0, 0.05) is 17.0 Å². The number of thiazole rings is 1. The molecule has 0 atom stereocenters. The van der Waals surface area contributed by atoms with E-state index in [1.165, 1.54) is 12.1 Å². The number of rotatable bonds is 6. The molecule has 0 saturated carbocycles. The van der Waals surface area contributed by atoms with E-state index in [2.05, 4.69) is 10.3 Å². The number of ether oxygens (including phenoxy) is 1. The number of halogens is 1. The molecule has 0 bridgehead atoms. The summed E-state index contributed by atoms with van der Waals surface area (Å²) in [6, 6.07) is 12.0. The van der Waals surface area contributed by atoms with E-state index in [0.717, 1.165) is 21.8 Å². The van der Waals surface area contributed by atoms with Gasteiger partial charge in [0.25, 0.3) is 0 Å². The fourth-order valence-electron chi connectivity index (χ4n) is 2.45. The number of anilines is 1. The number of hydrogen-bond donors (Lipinski definition) is 1. The van der Waals surface area contributed by atoms with Gasteiger partial charge in [-0.3, -0.25) is 4.79 Å². The fraction of sp³-hybridized carbons (Fsp3) is 0.143. The summed E-state index contributed by atoms with van der Waals surface area (Å²) < 4.78 is 19.6.